The van der Waals surface area contributed by atoms with Crippen LogP contribution >= 0.6 is 0 Å². The monoisotopic (exact) mass is 333 g/mol. The largest absolute Gasteiger partial charge is 0.379 e. The Labute approximate surface area is 145 Å². The molecule has 1 saturated heterocycles. The Kier molecular flexibility index (Phi) is 7.85. The molecule has 0 bridgehead atoms. The van der Waals surface area contributed by atoms with Gasteiger partial charge >= 0.3 is 0 Å². The predicted octanol–water partition coefficient (Wildman–Crippen LogP) is 1.01. The molecule has 1 atom stereocenters. The molecule has 24 heavy (non-hydrogen) atoms. The minimum Gasteiger partial charge on any atom is -0.379 e. The van der Waals surface area contributed by atoms with Gasteiger partial charge < -0.3 is 20.3 Å². The number of ether oxygens (including phenoxy) is 1. The third kappa shape index (κ3) is 6.02. The topological polar surface area (TPSA) is 52.1 Å². The molecule has 1 fully saturated rings. The Morgan fingerprint density at radius 1 is 1.25 bits per heavy atom. The van der Waals surface area contributed by atoms with Crippen molar-refractivity contribution in [3.05, 3.63) is 30.3 Å². The first kappa shape index (κ1) is 18.5. The van der Waals surface area contributed by atoms with E-state index in [9.17, 15) is 0 Å². The summed E-state index contributed by atoms with van der Waals surface area (Å²) in [6.45, 7) is 8.68. The van der Waals surface area contributed by atoms with Crippen LogP contribution in [0.1, 0.15) is 6.92 Å². The number of anilines is 1. The molecule has 6 nitrogen and oxygen atoms in total. The number of likely N-dealkylation sites (N-methyl/N-ethyl adjacent to an activating group) is 1. The predicted molar refractivity (Wildman–Crippen MR) is 101 cm³/mol. The number of benzene rings is 1. The fourth-order valence-corrected chi connectivity index (χ4v) is 2.68. The minimum atomic E-state index is 0.366. The summed E-state index contributed by atoms with van der Waals surface area (Å²) in [5.74, 6) is 0.858. The highest BCUT2D eigenvalue weighted by atomic mass is 16.5. The van der Waals surface area contributed by atoms with Gasteiger partial charge in [0.05, 0.1) is 13.2 Å². The number of hydrogen-bond donors (Lipinski definition) is 2. The summed E-state index contributed by atoms with van der Waals surface area (Å²) >= 11 is 0. The molecule has 2 N–H and O–H groups in total. The molecule has 0 radical (unpaired) electrons. The van der Waals surface area contributed by atoms with E-state index in [0.717, 1.165) is 51.9 Å². The lowest BCUT2D eigenvalue weighted by atomic mass is 10.2. The molecule has 0 aromatic heterocycles. The molecule has 0 saturated carbocycles. The zero-order valence-electron chi connectivity index (χ0n) is 15.2. The highest BCUT2D eigenvalue weighted by Gasteiger charge is 2.12. The van der Waals surface area contributed by atoms with Crippen LogP contribution < -0.4 is 15.5 Å². The van der Waals surface area contributed by atoms with Crippen LogP contribution in [0.2, 0.25) is 0 Å². The summed E-state index contributed by atoms with van der Waals surface area (Å²) in [5.41, 5.74) is 1.22. The Bertz CT molecular complexity index is 487. The van der Waals surface area contributed by atoms with Crippen LogP contribution in [0.5, 0.6) is 0 Å². The van der Waals surface area contributed by atoms with Gasteiger partial charge in [0, 0.05) is 58.5 Å². The average Bonchev–Trinajstić information content (AvgIpc) is 2.65. The highest BCUT2D eigenvalue weighted by molar-refractivity contribution is 5.79. The molecule has 1 aromatic carbocycles. The number of rotatable bonds is 7. The Hall–Kier alpha value is -1.79. The van der Waals surface area contributed by atoms with Gasteiger partial charge in [0.15, 0.2) is 5.96 Å². The summed E-state index contributed by atoms with van der Waals surface area (Å²) < 4.78 is 5.37. The van der Waals surface area contributed by atoms with Crippen LogP contribution in [-0.2, 0) is 4.74 Å². The SMILES string of the molecule is CN=C(NCCN1CCOCC1)NCC(C)N(C)c1ccccc1. The van der Waals surface area contributed by atoms with Crippen molar-refractivity contribution < 1.29 is 4.74 Å². The van der Waals surface area contributed by atoms with Gasteiger partial charge in [-0.05, 0) is 19.1 Å². The van der Waals surface area contributed by atoms with E-state index in [2.05, 4.69) is 63.7 Å². The number of hydrogen-bond acceptors (Lipinski definition) is 4. The number of para-hydroxylation sites is 1. The number of guanidine groups is 1. The van der Waals surface area contributed by atoms with Gasteiger partial charge in [-0.3, -0.25) is 9.89 Å². The summed E-state index contributed by atoms with van der Waals surface area (Å²) in [7, 11) is 3.94. The van der Waals surface area contributed by atoms with Crippen molar-refractivity contribution in [2.75, 3.05) is 64.9 Å². The number of morpholine rings is 1. The second-order valence-corrected chi connectivity index (χ2v) is 6.13. The summed E-state index contributed by atoms with van der Waals surface area (Å²) in [4.78, 5) is 8.99. The van der Waals surface area contributed by atoms with Crippen LogP contribution in [0.4, 0.5) is 5.69 Å². The number of nitrogens with one attached hydrogen (secondary N) is 2. The van der Waals surface area contributed by atoms with Crippen molar-refractivity contribution in [3.63, 3.8) is 0 Å². The lowest BCUT2D eigenvalue weighted by Gasteiger charge is -2.28. The lowest BCUT2D eigenvalue weighted by molar-refractivity contribution is 0.0389. The molecule has 6 heteroatoms. The maximum Gasteiger partial charge on any atom is 0.191 e. The smallest absolute Gasteiger partial charge is 0.191 e. The van der Waals surface area contributed by atoms with Crippen LogP contribution in [0.3, 0.4) is 0 Å². The minimum absolute atomic E-state index is 0.366. The number of aliphatic imine (C=N–C) groups is 1. The van der Waals surface area contributed by atoms with Gasteiger partial charge in [-0.1, -0.05) is 18.2 Å². The maximum atomic E-state index is 5.37. The van der Waals surface area contributed by atoms with Crippen molar-refractivity contribution in [1.29, 1.82) is 0 Å². The standard InChI is InChI=1S/C18H31N5O/c1-16(22(3)17-7-5-4-6-8-17)15-21-18(19-2)20-9-10-23-11-13-24-14-12-23/h4-8,16H,9-15H2,1-3H3,(H2,19,20,21). The molecule has 2 rings (SSSR count). The van der Waals surface area contributed by atoms with Crippen molar-refractivity contribution in [2.24, 2.45) is 4.99 Å². The lowest BCUT2D eigenvalue weighted by Crippen LogP contribution is -2.47. The fraction of sp³-hybridized carbons (Fsp3) is 0.611. The van der Waals surface area contributed by atoms with Crippen LogP contribution in [0.15, 0.2) is 35.3 Å². The second kappa shape index (κ2) is 10.2. The molecule has 1 aliphatic heterocycles. The van der Waals surface area contributed by atoms with Gasteiger partial charge in [0.25, 0.3) is 0 Å². The van der Waals surface area contributed by atoms with E-state index >= 15 is 0 Å². The molecule has 134 valence electrons. The first-order chi connectivity index (χ1) is 11.7. The summed E-state index contributed by atoms with van der Waals surface area (Å²) in [5, 5.41) is 6.80. The molecule has 0 spiro atoms. The van der Waals surface area contributed by atoms with E-state index in [1.807, 2.05) is 13.1 Å². The molecule has 0 aliphatic carbocycles. The first-order valence-corrected chi connectivity index (χ1v) is 8.73. The molecule has 1 unspecified atom stereocenters. The van der Waals surface area contributed by atoms with Crippen LogP contribution in [-0.4, -0.2) is 76.9 Å². The van der Waals surface area contributed by atoms with Crippen LogP contribution in [0, 0.1) is 0 Å². The first-order valence-electron chi connectivity index (χ1n) is 8.73. The third-order valence-corrected chi connectivity index (χ3v) is 4.44. The molecule has 0 amide bonds. The molecule has 1 heterocycles. The second-order valence-electron chi connectivity index (χ2n) is 6.13. The Morgan fingerprint density at radius 3 is 2.62 bits per heavy atom. The zero-order chi connectivity index (χ0) is 17.2. The van der Waals surface area contributed by atoms with E-state index in [-0.39, 0.29) is 0 Å². The quantitative estimate of drug-likeness (QED) is 0.576. The Morgan fingerprint density at radius 2 is 1.96 bits per heavy atom. The van der Waals surface area contributed by atoms with Crippen molar-refractivity contribution >= 4 is 11.6 Å². The van der Waals surface area contributed by atoms with Gasteiger partial charge in [-0.25, -0.2) is 0 Å². The van der Waals surface area contributed by atoms with E-state index in [1.165, 1.54) is 5.69 Å². The van der Waals surface area contributed by atoms with Crippen molar-refractivity contribution in [2.45, 2.75) is 13.0 Å². The normalized spacial score (nSPS) is 17.4. The Balaban J connectivity index is 1.68. The van der Waals surface area contributed by atoms with Gasteiger partial charge in [0.1, 0.15) is 0 Å². The molecule has 1 aliphatic rings. The van der Waals surface area contributed by atoms with Crippen molar-refractivity contribution in [3.8, 4) is 0 Å². The van der Waals surface area contributed by atoms with E-state index < -0.39 is 0 Å². The molecular formula is C18H31N5O. The average molecular weight is 333 g/mol. The zero-order valence-corrected chi connectivity index (χ0v) is 15.2. The summed E-state index contributed by atoms with van der Waals surface area (Å²) in [6.07, 6.45) is 0. The molecule has 1 aromatic rings. The van der Waals surface area contributed by atoms with Crippen molar-refractivity contribution in [1.82, 2.24) is 15.5 Å². The van der Waals surface area contributed by atoms with Gasteiger partial charge in [-0.2, -0.15) is 0 Å². The highest BCUT2D eigenvalue weighted by Crippen LogP contribution is 2.13. The van der Waals surface area contributed by atoms with Gasteiger partial charge in [-0.15, -0.1) is 0 Å². The third-order valence-electron chi connectivity index (χ3n) is 4.44. The maximum absolute atomic E-state index is 5.37. The summed E-state index contributed by atoms with van der Waals surface area (Å²) in [6, 6.07) is 10.8. The van der Waals surface area contributed by atoms with E-state index in [0.29, 0.717) is 6.04 Å². The molecular weight excluding hydrogens is 302 g/mol. The van der Waals surface area contributed by atoms with Gasteiger partial charge in [0.2, 0.25) is 0 Å². The number of nitrogens with zero attached hydrogens (tertiary/aromatic N) is 3. The van der Waals surface area contributed by atoms with E-state index in [4.69, 9.17) is 4.74 Å². The van der Waals surface area contributed by atoms with E-state index in [1.54, 1.807) is 0 Å². The fourth-order valence-electron chi connectivity index (χ4n) is 2.68. The van der Waals surface area contributed by atoms with Crippen LogP contribution in [0.25, 0.3) is 0 Å².